The molecule has 2 aromatic rings. The zero-order chi connectivity index (χ0) is 19.2. The molecule has 1 unspecified atom stereocenters. The molecule has 27 heavy (non-hydrogen) atoms. The van der Waals surface area contributed by atoms with Crippen molar-refractivity contribution in [2.45, 2.75) is 38.1 Å². The fourth-order valence-electron chi connectivity index (χ4n) is 3.66. The summed E-state index contributed by atoms with van der Waals surface area (Å²) in [5.74, 6) is 1.55. The van der Waals surface area contributed by atoms with E-state index in [1.807, 2.05) is 41.3 Å². The molecule has 1 heterocycles. The highest BCUT2D eigenvalue weighted by Gasteiger charge is 2.25. The van der Waals surface area contributed by atoms with Gasteiger partial charge < -0.3 is 20.1 Å². The minimum Gasteiger partial charge on any atom is -0.508 e. The third-order valence-corrected chi connectivity index (χ3v) is 5.37. The van der Waals surface area contributed by atoms with Crippen LogP contribution in [0.1, 0.15) is 49.3 Å². The quantitative estimate of drug-likeness (QED) is 0.820. The van der Waals surface area contributed by atoms with Crippen molar-refractivity contribution in [1.82, 2.24) is 10.2 Å². The summed E-state index contributed by atoms with van der Waals surface area (Å²) in [5.41, 5.74) is 2.32. The molecule has 0 saturated carbocycles. The molecule has 1 atom stereocenters. The molecule has 1 aliphatic heterocycles. The van der Waals surface area contributed by atoms with E-state index in [0.29, 0.717) is 11.7 Å². The van der Waals surface area contributed by atoms with E-state index in [4.69, 9.17) is 4.74 Å². The van der Waals surface area contributed by atoms with Crippen molar-refractivity contribution in [3.05, 3.63) is 59.7 Å². The fourth-order valence-corrected chi connectivity index (χ4v) is 3.66. The maximum atomic E-state index is 12.7. The smallest absolute Gasteiger partial charge is 0.317 e. The molecule has 0 aromatic heterocycles. The number of nitrogens with one attached hydrogen (secondary N) is 1. The number of phenols is 1. The van der Waals surface area contributed by atoms with Gasteiger partial charge in [-0.1, -0.05) is 31.2 Å². The highest BCUT2D eigenvalue weighted by atomic mass is 16.5. The van der Waals surface area contributed by atoms with Crippen molar-refractivity contribution < 1.29 is 14.6 Å². The molecule has 2 amide bonds. The molecule has 0 aliphatic carbocycles. The minimum absolute atomic E-state index is 0.00164. The van der Waals surface area contributed by atoms with Gasteiger partial charge in [0.1, 0.15) is 11.5 Å². The van der Waals surface area contributed by atoms with Gasteiger partial charge in [-0.3, -0.25) is 0 Å². The summed E-state index contributed by atoms with van der Waals surface area (Å²) < 4.78 is 5.20. The van der Waals surface area contributed by atoms with Crippen molar-refractivity contribution in [3.63, 3.8) is 0 Å². The van der Waals surface area contributed by atoms with Crippen LogP contribution in [-0.4, -0.2) is 36.2 Å². The largest absolute Gasteiger partial charge is 0.508 e. The number of rotatable bonds is 5. The molecular weight excluding hydrogens is 340 g/mol. The van der Waals surface area contributed by atoms with Crippen LogP contribution in [0.4, 0.5) is 4.79 Å². The van der Waals surface area contributed by atoms with E-state index in [-0.39, 0.29) is 12.1 Å². The molecule has 144 valence electrons. The molecule has 2 aromatic carbocycles. The number of carbonyl (C=O) groups excluding carboxylic acids is 1. The Balaban J connectivity index is 1.55. The summed E-state index contributed by atoms with van der Waals surface area (Å²) in [4.78, 5) is 14.6. The molecule has 1 fully saturated rings. The normalized spacial score (nSPS) is 16.0. The number of piperidine rings is 1. The lowest BCUT2D eigenvalue weighted by molar-refractivity contribution is 0.177. The third-order valence-electron chi connectivity index (χ3n) is 5.37. The molecule has 1 saturated heterocycles. The van der Waals surface area contributed by atoms with Gasteiger partial charge in [-0.15, -0.1) is 0 Å². The van der Waals surface area contributed by atoms with Gasteiger partial charge in [0.25, 0.3) is 0 Å². The van der Waals surface area contributed by atoms with Crippen molar-refractivity contribution in [2.75, 3.05) is 20.2 Å². The monoisotopic (exact) mass is 368 g/mol. The van der Waals surface area contributed by atoms with Gasteiger partial charge in [-0.25, -0.2) is 4.79 Å². The fraction of sp³-hybridized carbons (Fsp3) is 0.409. The Hall–Kier alpha value is -2.69. The highest BCUT2D eigenvalue weighted by molar-refractivity contribution is 5.75. The van der Waals surface area contributed by atoms with E-state index < -0.39 is 0 Å². The molecule has 0 radical (unpaired) electrons. The van der Waals surface area contributed by atoms with Gasteiger partial charge in [0.05, 0.1) is 13.2 Å². The third kappa shape index (κ3) is 4.73. The maximum Gasteiger partial charge on any atom is 0.317 e. The maximum absolute atomic E-state index is 12.7. The van der Waals surface area contributed by atoms with Crippen LogP contribution in [0, 0.1) is 0 Å². The molecular formula is C22H28N2O3. The lowest BCUT2D eigenvalue weighted by Crippen LogP contribution is -2.45. The first kappa shape index (κ1) is 19.1. The van der Waals surface area contributed by atoms with E-state index in [0.717, 1.165) is 43.7 Å². The number of hydrogen-bond acceptors (Lipinski definition) is 3. The predicted octanol–water partition coefficient (Wildman–Crippen LogP) is 4.44. The van der Waals surface area contributed by atoms with Crippen LogP contribution in [-0.2, 0) is 0 Å². The van der Waals surface area contributed by atoms with Gasteiger partial charge >= 0.3 is 6.03 Å². The second-order valence-corrected chi connectivity index (χ2v) is 7.04. The molecule has 2 N–H and O–H groups in total. The van der Waals surface area contributed by atoms with Crippen LogP contribution < -0.4 is 10.1 Å². The highest BCUT2D eigenvalue weighted by Crippen LogP contribution is 2.29. The second kappa shape index (κ2) is 8.80. The summed E-state index contributed by atoms with van der Waals surface area (Å²) in [6.07, 6.45) is 2.72. The lowest BCUT2D eigenvalue weighted by atomic mass is 9.89. The standard InChI is InChI=1S/C22H28N2O3/c1-3-21(18-6-10-20(27-2)11-7-18)23-22(26)24-14-12-17(13-15-24)16-4-8-19(25)9-5-16/h4-11,17,21,25H,3,12-15H2,1-2H3,(H,23,26). The van der Waals surface area contributed by atoms with Crippen molar-refractivity contribution in [2.24, 2.45) is 0 Å². The number of hydrogen-bond donors (Lipinski definition) is 2. The lowest BCUT2D eigenvalue weighted by Gasteiger charge is -2.33. The Kier molecular flexibility index (Phi) is 6.22. The van der Waals surface area contributed by atoms with E-state index in [1.54, 1.807) is 19.2 Å². The van der Waals surface area contributed by atoms with E-state index in [9.17, 15) is 9.90 Å². The number of aromatic hydroxyl groups is 1. The Morgan fingerprint density at radius 2 is 1.78 bits per heavy atom. The Morgan fingerprint density at radius 1 is 1.15 bits per heavy atom. The van der Waals surface area contributed by atoms with Crippen molar-refractivity contribution in [1.29, 1.82) is 0 Å². The number of phenolic OH excluding ortho intramolecular Hbond substituents is 1. The summed E-state index contributed by atoms with van der Waals surface area (Å²) in [6.45, 7) is 3.57. The van der Waals surface area contributed by atoms with Crippen LogP contribution >= 0.6 is 0 Å². The zero-order valence-corrected chi connectivity index (χ0v) is 16.0. The Bertz CT molecular complexity index is 735. The predicted molar refractivity (Wildman–Crippen MR) is 106 cm³/mol. The molecule has 0 spiro atoms. The topological polar surface area (TPSA) is 61.8 Å². The number of nitrogens with zero attached hydrogens (tertiary/aromatic N) is 1. The molecule has 5 heteroatoms. The number of benzene rings is 2. The average molecular weight is 368 g/mol. The first-order valence-electron chi connectivity index (χ1n) is 9.59. The number of likely N-dealkylation sites (tertiary alicyclic amines) is 1. The first-order chi connectivity index (χ1) is 13.1. The summed E-state index contributed by atoms with van der Waals surface area (Å²) in [6, 6.07) is 15.3. The van der Waals surface area contributed by atoms with E-state index in [1.165, 1.54) is 5.56 Å². The van der Waals surface area contributed by atoms with E-state index in [2.05, 4.69) is 12.2 Å². The number of ether oxygens (including phenoxy) is 1. The minimum atomic E-state index is -0.00164. The summed E-state index contributed by atoms with van der Waals surface area (Å²) in [7, 11) is 1.65. The van der Waals surface area contributed by atoms with E-state index >= 15 is 0 Å². The molecule has 1 aliphatic rings. The zero-order valence-electron chi connectivity index (χ0n) is 16.0. The van der Waals surface area contributed by atoms with Gasteiger partial charge in [0.15, 0.2) is 0 Å². The summed E-state index contributed by atoms with van der Waals surface area (Å²) in [5, 5.41) is 12.6. The number of amides is 2. The van der Waals surface area contributed by atoms with Gasteiger partial charge in [0, 0.05) is 13.1 Å². The summed E-state index contributed by atoms with van der Waals surface area (Å²) >= 11 is 0. The SMILES string of the molecule is CCC(NC(=O)N1CCC(c2ccc(O)cc2)CC1)c1ccc(OC)cc1. The van der Waals surface area contributed by atoms with Gasteiger partial charge in [0.2, 0.25) is 0 Å². The van der Waals surface area contributed by atoms with Crippen LogP contribution in [0.2, 0.25) is 0 Å². The van der Waals surface area contributed by atoms with Gasteiger partial charge in [-0.2, -0.15) is 0 Å². The average Bonchev–Trinajstić information content (AvgIpc) is 2.72. The number of carbonyl (C=O) groups is 1. The number of urea groups is 1. The van der Waals surface area contributed by atoms with Crippen LogP contribution in [0.15, 0.2) is 48.5 Å². The first-order valence-corrected chi connectivity index (χ1v) is 9.59. The molecule has 3 rings (SSSR count). The Morgan fingerprint density at radius 3 is 2.33 bits per heavy atom. The van der Waals surface area contributed by atoms with Gasteiger partial charge in [-0.05, 0) is 60.6 Å². The van der Waals surface area contributed by atoms with Crippen LogP contribution in [0.3, 0.4) is 0 Å². The molecule has 0 bridgehead atoms. The van der Waals surface area contributed by atoms with Crippen molar-refractivity contribution in [3.8, 4) is 11.5 Å². The second-order valence-electron chi connectivity index (χ2n) is 7.04. The van der Waals surface area contributed by atoms with Crippen molar-refractivity contribution >= 4 is 6.03 Å². The van der Waals surface area contributed by atoms with Crippen LogP contribution in [0.25, 0.3) is 0 Å². The molecule has 5 nitrogen and oxygen atoms in total. The Labute approximate surface area is 161 Å². The van der Waals surface area contributed by atoms with Crippen LogP contribution in [0.5, 0.6) is 11.5 Å². The number of methoxy groups -OCH3 is 1.